The van der Waals surface area contributed by atoms with Crippen LogP contribution >= 0.6 is 0 Å². The molecule has 0 bridgehead atoms. The van der Waals surface area contributed by atoms with Crippen LogP contribution in [-0.4, -0.2) is 24.0 Å². The lowest BCUT2D eigenvalue weighted by Gasteiger charge is -2.28. The summed E-state index contributed by atoms with van der Waals surface area (Å²) in [6.45, 7) is 8.54. The number of esters is 1. The molecule has 1 aliphatic carbocycles. The summed E-state index contributed by atoms with van der Waals surface area (Å²) in [4.78, 5) is 12.1. The molecule has 3 nitrogen and oxygen atoms in total. The van der Waals surface area contributed by atoms with Gasteiger partial charge in [0.1, 0.15) is 5.60 Å². The van der Waals surface area contributed by atoms with Gasteiger partial charge in [-0.2, -0.15) is 0 Å². The molecule has 2 rings (SSSR count). The van der Waals surface area contributed by atoms with Gasteiger partial charge in [0.25, 0.3) is 0 Å². The molecular formula is C24H37F2NO2. The van der Waals surface area contributed by atoms with Crippen molar-refractivity contribution in [3.63, 3.8) is 0 Å². The van der Waals surface area contributed by atoms with Crippen LogP contribution in [-0.2, 0) is 9.53 Å². The van der Waals surface area contributed by atoms with E-state index in [1.54, 1.807) is 0 Å². The maximum Gasteiger partial charge on any atom is 0.306 e. The Labute approximate surface area is 174 Å². The van der Waals surface area contributed by atoms with Crippen molar-refractivity contribution >= 4 is 11.7 Å². The Bertz CT molecular complexity index is 645. The molecule has 1 saturated carbocycles. The minimum absolute atomic E-state index is 0.00260. The van der Waals surface area contributed by atoms with Gasteiger partial charge in [0, 0.05) is 31.5 Å². The molecule has 0 aliphatic heterocycles. The van der Waals surface area contributed by atoms with Gasteiger partial charge >= 0.3 is 5.97 Å². The zero-order valence-electron chi connectivity index (χ0n) is 18.4. The predicted molar refractivity (Wildman–Crippen MR) is 115 cm³/mol. The van der Waals surface area contributed by atoms with Crippen LogP contribution in [0.1, 0.15) is 90.5 Å². The molecule has 0 heterocycles. The summed E-state index contributed by atoms with van der Waals surface area (Å²) in [7, 11) is 0. The van der Waals surface area contributed by atoms with Crippen molar-refractivity contribution in [2.24, 2.45) is 5.92 Å². The highest BCUT2D eigenvalue weighted by atomic mass is 19.3. The van der Waals surface area contributed by atoms with E-state index in [1.807, 2.05) is 32.9 Å². The first-order valence-electron chi connectivity index (χ1n) is 11.0. The van der Waals surface area contributed by atoms with Crippen molar-refractivity contribution in [1.29, 1.82) is 0 Å². The Morgan fingerprint density at radius 1 is 1.24 bits per heavy atom. The number of hydrogen-bond donors (Lipinski definition) is 1. The SMILES string of the molecule is CCCC(CCC(=O)OC(C)(C)C)c1cccc(NCC2CCC(F)(F)CC2)c1. The van der Waals surface area contributed by atoms with Crippen molar-refractivity contribution < 1.29 is 18.3 Å². The third-order valence-corrected chi connectivity index (χ3v) is 5.54. The van der Waals surface area contributed by atoms with E-state index in [0.29, 0.717) is 31.1 Å². The Morgan fingerprint density at radius 3 is 2.55 bits per heavy atom. The minimum atomic E-state index is -2.47. The van der Waals surface area contributed by atoms with E-state index in [4.69, 9.17) is 4.74 Å². The number of halogens is 2. The summed E-state index contributed by atoms with van der Waals surface area (Å²) in [5, 5.41) is 3.44. The lowest BCUT2D eigenvalue weighted by Crippen LogP contribution is -2.28. The van der Waals surface area contributed by atoms with Crippen molar-refractivity contribution in [2.45, 2.75) is 96.5 Å². The van der Waals surface area contributed by atoms with Crippen molar-refractivity contribution in [3.8, 4) is 0 Å². The molecular weight excluding hydrogens is 372 g/mol. The Hall–Kier alpha value is -1.65. The molecule has 0 spiro atoms. The zero-order chi connectivity index (χ0) is 21.5. The number of ether oxygens (including phenoxy) is 1. The number of anilines is 1. The van der Waals surface area contributed by atoms with E-state index >= 15 is 0 Å². The summed E-state index contributed by atoms with van der Waals surface area (Å²) in [5.41, 5.74) is 1.79. The quantitative estimate of drug-likeness (QED) is 0.449. The second-order valence-electron chi connectivity index (χ2n) is 9.42. The van der Waals surface area contributed by atoms with Crippen LogP contribution in [0.2, 0.25) is 0 Å². The van der Waals surface area contributed by atoms with Gasteiger partial charge in [-0.1, -0.05) is 25.5 Å². The highest BCUT2D eigenvalue weighted by Crippen LogP contribution is 2.36. The summed E-state index contributed by atoms with van der Waals surface area (Å²) < 4.78 is 32.1. The van der Waals surface area contributed by atoms with Crippen LogP contribution in [0.5, 0.6) is 0 Å². The normalized spacial score (nSPS) is 18.3. The largest absolute Gasteiger partial charge is 0.460 e. The lowest BCUT2D eigenvalue weighted by molar-refractivity contribution is -0.155. The van der Waals surface area contributed by atoms with Crippen molar-refractivity contribution in [2.75, 3.05) is 11.9 Å². The van der Waals surface area contributed by atoms with Gasteiger partial charge in [-0.3, -0.25) is 4.79 Å². The number of benzene rings is 1. The van der Waals surface area contributed by atoms with Crippen molar-refractivity contribution in [1.82, 2.24) is 0 Å². The average Bonchev–Trinajstić information content (AvgIpc) is 2.63. The van der Waals surface area contributed by atoms with Crippen LogP contribution in [0.4, 0.5) is 14.5 Å². The molecule has 1 fully saturated rings. The van der Waals surface area contributed by atoms with Crippen molar-refractivity contribution in [3.05, 3.63) is 29.8 Å². The molecule has 1 aromatic carbocycles. The smallest absolute Gasteiger partial charge is 0.306 e. The first-order valence-corrected chi connectivity index (χ1v) is 11.0. The second-order valence-corrected chi connectivity index (χ2v) is 9.42. The molecule has 0 saturated heterocycles. The Morgan fingerprint density at radius 2 is 1.93 bits per heavy atom. The molecule has 1 unspecified atom stereocenters. The standard InChI is InChI=1S/C24H37F2NO2/c1-5-7-19(10-11-22(28)29-23(2,3)4)20-8-6-9-21(16-20)27-17-18-12-14-24(25,26)15-13-18/h6,8-9,16,18-19,27H,5,7,10-15,17H2,1-4H3. The number of carbonyl (C=O) groups excluding carboxylic acids is 1. The second kappa shape index (κ2) is 10.4. The molecule has 164 valence electrons. The van der Waals surface area contributed by atoms with Crippen LogP contribution < -0.4 is 5.32 Å². The fraction of sp³-hybridized carbons (Fsp3) is 0.708. The van der Waals surface area contributed by atoms with E-state index in [1.165, 1.54) is 5.56 Å². The topological polar surface area (TPSA) is 38.3 Å². The van der Waals surface area contributed by atoms with Crippen LogP contribution in [0.3, 0.4) is 0 Å². The van der Waals surface area contributed by atoms with E-state index in [9.17, 15) is 13.6 Å². The Balaban J connectivity index is 1.91. The summed E-state index contributed by atoms with van der Waals surface area (Å²) in [6, 6.07) is 8.31. The molecule has 1 aromatic rings. The van der Waals surface area contributed by atoms with Gasteiger partial charge in [0.2, 0.25) is 5.92 Å². The van der Waals surface area contributed by atoms with Crippen LogP contribution in [0.15, 0.2) is 24.3 Å². The highest BCUT2D eigenvalue weighted by Gasteiger charge is 2.34. The van der Waals surface area contributed by atoms with E-state index < -0.39 is 11.5 Å². The number of rotatable bonds is 9. The molecule has 1 atom stereocenters. The maximum absolute atomic E-state index is 13.3. The molecule has 5 heteroatoms. The fourth-order valence-corrected chi connectivity index (χ4v) is 3.98. The molecule has 29 heavy (non-hydrogen) atoms. The molecule has 0 radical (unpaired) electrons. The first-order chi connectivity index (χ1) is 13.6. The maximum atomic E-state index is 13.3. The van der Waals surface area contributed by atoms with Crippen LogP contribution in [0, 0.1) is 5.92 Å². The highest BCUT2D eigenvalue weighted by molar-refractivity contribution is 5.70. The molecule has 1 aliphatic rings. The number of nitrogens with one attached hydrogen (secondary N) is 1. The predicted octanol–water partition coefficient (Wildman–Crippen LogP) is 6.93. The lowest BCUT2D eigenvalue weighted by atomic mass is 9.86. The zero-order valence-corrected chi connectivity index (χ0v) is 18.4. The number of hydrogen-bond acceptors (Lipinski definition) is 3. The van der Waals surface area contributed by atoms with Gasteiger partial charge < -0.3 is 10.1 Å². The molecule has 0 aromatic heterocycles. The minimum Gasteiger partial charge on any atom is -0.460 e. The fourth-order valence-electron chi connectivity index (χ4n) is 3.98. The summed E-state index contributed by atoms with van der Waals surface area (Å²) >= 11 is 0. The number of carbonyl (C=O) groups is 1. The third-order valence-electron chi connectivity index (χ3n) is 5.54. The monoisotopic (exact) mass is 409 g/mol. The van der Waals surface area contributed by atoms with Gasteiger partial charge in [-0.25, -0.2) is 8.78 Å². The summed E-state index contributed by atoms with van der Waals surface area (Å²) in [5.74, 6) is -2.01. The van der Waals surface area contributed by atoms with E-state index in [-0.39, 0.29) is 18.8 Å². The van der Waals surface area contributed by atoms with Crippen LogP contribution in [0.25, 0.3) is 0 Å². The van der Waals surface area contributed by atoms with Gasteiger partial charge in [0.15, 0.2) is 0 Å². The summed E-state index contributed by atoms with van der Waals surface area (Å²) in [6.07, 6.45) is 4.41. The third kappa shape index (κ3) is 8.71. The van der Waals surface area contributed by atoms with Gasteiger partial charge in [-0.15, -0.1) is 0 Å². The first kappa shape index (κ1) is 23.6. The van der Waals surface area contributed by atoms with E-state index in [2.05, 4.69) is 24.4 Å². The van der Waals surface area contributed by atoms with Gasteiger partial charge in [-0.05, 0) is 76.0 Å². The average molecular weight is 410 g/mol. The number of alkyl halides is 2. The molecule has 0 amide bonds. The van der Waals surface area contributed by atoms with E-state index in [0.717, 1.165) is 31.5 Å². The molecule has 1 N–H and O–H groups in total. The Kier molecular flexibility index (Phi) is 8.47. The van der Waals surface area contributed by atoms with Gasteiger partial charge in [0.05, 0.1) is 0 Å².